The third-order valence-electron chi connectivity index (χ3n) is 5.04. The molecule has 7 nitrogen and oxygen atoms in total. The van der Waals surface area contributed by atoms with E-state index in [0.717, 1.165) is 31.5 Å². The molecule has 1 fully saturated rings. The highest BCUT2D eigenvalue weighted by atomic mass is 32.2. The highest BCUT2D eigenvalue weighted by Gasteiger charge is 2.20. The number of hydrogen-bond acceptors (Lipinski definition) is 5. The normalized spacial score (nSPS) is 14.0. The molecule has 1 heterocycles. The second-order valence-electron chi connectivity index (χ2n) is 7.25. The van der Waals surface area contributed by atoms with E-state index in [2.05, 4.69) is 4.72 Å². The predicted octanol–water partition coefficient (Wildman–Crippen LogP) is 2.89. The first kappa shape index (κ1) is 22.0. The lowest BCUT2D eigenvalue weighted by atomic mass is 10.1. The van der Waals surface area contributed by atoms with Crippen LogP contribution < -0.4 is 4.72 Å². The Bertz CT molecular complexity index is 1030. The number of amides is 1. The summed E-state index contributed by atoms with van der Waals surface area (Å²) >= 11 is 0. The zero-order valence-corrected chi connectivity index (χ0v) is 18.0. The Balaban J connectivity index is 1.66. The van der Waals surface area contributed by atoms with Gasteiger partial charge in [0, 0.05) is 25.2 Å². The number of likely N-dealkylation sites (tertiary alicyclic amines) is 1. The number of nitrogens with zero attached hydrogens (tertiary/aromatic N) is 1. The second-order valence-corrected chi connectivity index (χ2v) is 9.02. The number of aryl methyl sites for hydroxylation is 1. The maximum absolute atomic E-state index is 12.5. The van der Waals surface area contributed by atoms with Crippen molar-refractivity contribution in [2.24, 2.45) is 0 Å². The summed E-state index contributed by atoms with van der Waals surface area (Å²) in [7, 11) is -3.66. The first-order valence-electron chi connectivity index (χ1n) is 9.97. The zero-order chi connectivity index (χ0) is 21.7. The molecule has 1 saturated heterocycles. The fraction of sp³-hybridized carbons (Fsp3) is 0.364. The van der Waals surface area contributed by atoms with Gasteiger partial charge in [0.15, 0.2) is 0 Å². The minimum absolute atomic E-state index is 0.0189. The predicted molar refractivity (Wildman–Crippen MR) is 113 cm³/mol. The number of sulfonamides is 1. The van der Waals surface area contributed by atoms with Gasteiger partial charge in [-0.15, -0.1) is 0 Å². The molecule has 30 heavy (non-hydrogen) atoms. The fourth-order valence-corrected chi connectivity index (χ4v) is 4.40. The van der Waals surface area contributed by atoms with E-state index in [4.69, 9.17) is 4.74 Å². The Hall–Kier alpha value is -2.71. The molecule has 0 saturated carbocycles. The van der Waals surface area contributed by atoms with Crippen LogP contribution in [0.5, 0.6) is 0 Å². The molecule has 1 N–H and O–H groups in total. The van der Waals surface area contributed by atoms with Crippen molar-refractivity contribution in [1.82, 2.24) is 9.62 Å². The minimum atomic E-state index is -3.66. The lowest BCUT2D eigenvalue weighted by molar-refractivity contribution is 0.0471. The molecule has 160 valence electrons. The van der Waals surface area contributed by atoms with Gasteiger partial charge in [-0.2, -0.15) is 0 Å². The monoisotopic (exact) mass is 430 g/mol. The molecule has 2 aromatic rings. The number of rotatable bonds is 7. The molecule has 0 bridgehead atoms. The van der Waals surface area contributed by atoms with Gasteiger partial charge in [0.1, 0.15) is 6.61 Å². The molecule has 3 rings (SSSR count). The van der Waals surface area contributed by atoms with Crippen molar-refractivity contribution in [2.75, 3.05) is 19.6 Å². The van der Waals surface area contributed by atoms with Crippen molar-refractivity contribution in [3.8, 4) is 0 Å². The van der Waals surface area contributed by atoms with E-state index < -0.39 is 16.0 Å². The third-order valence-corrected chi connectivity index (χ3v) is 6.58. The maximum atomic E-state index is 12.5. The average molecular weight is 431 g/mol. The summed E-state index contributed by atoms with van der Waals surface area (Å²) in [6.07, 6.45) is 2.08. The van der Waals surface area contributed by atoms with Crippen LogP contribution in [0.15, 0.2) is 47.4 Å². The summed E-state index contributed by atoms with van der Waals surface area (Å²) in [4.78, 5) is 26.8. The van der Waals surface area contributed by atoms with Crippen LogP contribution in [0.3, 0.4) is 0 Å². The molecule has 0 aromatic heterocycles. The minimum Gasteiger partial charge on any atom is -0.457 e. The number of carbonyl (C=O) groups is 2. The summed E-state index contributed by atoms with van der Waals surface area (Å²) in [5.41, 5.74) is 2.19. The number of ether oxygens (including phenoxy) is 1. The van der Waals surface area contributed by atoms with Crippen LogP contribution >= 0.6 is 0 Å². The molecule has 2 aromatic carbocycles. The Labute approximate surface area is 177 Å². The van der Waals surface area contributed by atoms with Crippen molar-refractivity contribution in [3.05, 3.63) is 64.7 Å². The number of hydrogen-bond donors (Lipinski definition) is 1. The number of carbonyl (C=O) groups excluding carboxylic acids is 2. The van der Waals surface area contributed by atoms with Crippen LogP contribution in [0, 0.1) is 6.92 Å². The fourth-order valence-electron chi connectivity index (χ4n) is 3.33. The van der Waals surface area contributed by atoms with Crippen molar-refractivity contribution in [3.63, 3.8) is 0 Å². The van der Waals surface area contributed by atoms with E-state index in [1.165, 1.54) is 12.1 Å². The first-order valence-corrected chi connectivity index (χ1v) is 11.5. The lowest BCUT2D eigenvalue weighted by Gasteiger charge is -2.15. The standard InChI is InChI=1S/C22H26N2O5S/c1-3-23-30(27,28)19-11-6-16(2)20(14-19)22(26)29-15-17-7-9-18(10-8-17)21(25)24-12-4-5-13-24/h6-11,14,23H,3-5,12-13,15H2,1-2H3. The van der Waals surface area contributed by atoms with E-state index in [9.17, 15) is 18.0 Å². The van der Waals surface area contributed by atoms with Crippen LogP contribution in [0.1, 0.15) is 51.6 Å². The molecule has 1 aliphatic heterocycles. The van der Waals surface area contributed by atoms with Gasteiger partial charge in [-0.3, -0.25) is 4.79 Å². The molecule has 0 atom stereocenters. The van der Waals surface area contributed by atoms with Gasteiger partial charge >= 0.3 is 5.97 Å². The van der Waals surface area contributed by atoms with Gasteiger partial charge in [-0.1, -0.05) is 25.1 Å². The third kappa shape index (κ3) is 5.06. The largest absolute Gasteiger partial charge is 0.457 e. The van der Waals surface area contributed by atoms with Crippen LogP contribution in [-0.4, -0.2) is 44.8 Å². The van der Waals surface area contributed by atoms with E-state index in [-0.39, 0.29) is 29.5 Å². The van der Waals surface area contributed by atoms with Crippen LogP contribution in [0.4, 0.5) is 0 Å². The summed E-state index contributed by atoms with van der Waals surface area (Å²) in [6, 6.07) is 11.4. The van der Waals surface area contributed by atoms with E-state index in [0.29, 0.717) is 11.1 Å². The van der Waals surface area contributed by atoms with Crippen LogP contribution in [-0.2, 0) is 21.4 Å². The number of benzene rings is 2. The van der Waals surface area contributed by atoms with E-state index in [1.54, 1.807) is 44.2 Å². The van der Waals surface area contributed by atoms with Crippen molar-refractivity contribution < 1.29 is 22.7 Å². The highest BCUT2D eigenvalue weighted by Crippen LogP contribution is 2.18. The molecular weight excluding hydrogens is 404 g/mol. The Morgan fingerprint density at radius 3 is 2.37 bits per heavy atom. The SMILES string of the molecule is CCNS(=O)(=O)c1ccc(C)c(C(=O)OCc2ccc(C(=O)N3CCCC3)cc2)c1. The van der Waals surface area contributed by atoms with E-state index >= 15 is 0 Å². The van der Waals surface area contributed by atoms with Gasteiger partial charge in [0.2, 0.25) is 10.0 Å². The number of nitrogens with one attached hydrogen (secondary N) is 1. The average Bonchev–Trinajstić information content (AvgIpc) is 3.27. The van der Waals surface area contributed by atoms with Gasteiger partial charge in [-0.05, 0) is 55.2 Å². The first-order chi connectivity index (χ1) is 14.3. The van der Waals surface area contributed by atoms with Gasteiger partial charge in [0.05, 0.1) is 10.5 Å². The molecular formula is C22H26N2O5S. The van der Waals surface area contributed by atoms with Crippen molar-refractivity contribution in [2.45, 2.75) is 38.2 Å². The summed E-state index contributed by atoms with van der Waals surface area (Å²) in [5.74, 6) is -0.580. The van der Waals surface area contributed by atoms with E-state index in [1.807, 2.05) is 4.90 Å². The quantitative estimate of drug-likeness (QED) is 0.682. The lowest BCUT2D eigenvalue weighted by Crippen LogP contribution is -2.27. The van der Waals surface area contributed by atoms with Gasteiger partial charge in [-0.25, -0.2) is 17.9 Å². The topological polar surface area (TPSA) is 92.8 Å². The maximum Gasteiger partial charge on any atom is 0.338 e. The summed E-state index contributed by atoms with van der Waals surface area (Å²) in [6.45, 7) is 5.27. The Kier molecular flexibility index (Phi) is 6.89. The van der Waals surface area contributed by atoms with Gasteiger partial charge in [0.25, 0.3) is 5.91 Å². The van der Waals surface area contributed by atoms with Crippen LogP contribution in [0.25, 0.3) is 0 Å². The van der Waals surface area contributed by atoms with Gasteiger partial charge < -0.3 is 9.64 Å². The second kappa shape index (κ2) is 9.40. The molecule has 0 unspecified atom stereocenters. The smallest absolute Gasteiger partial charge is 0.338 e. The highest BCUT2D eigenvalue weighted by molar-refractivity contribution is 7.89. The molecule has 1 amide bonds. The van der Waals surface area contributed by atoms with Crippen molar-refractivity contribution >= 4 is 21.9 Å². The Morgan fingerprint density at radius 1 is 1.07 bits per heavy atom. The van der Waals surface area contributed by atoms with Crippen LogP contribution in [0.2, 0.25) is 0 Å². The molecule has 0 aliphatic carbocycles. The zero-order valence-electron chi connectivity index (χ0n) is 17.2. The summed E-state index contributed by atoms with van der Waals surface area (Å²) in [5, 5.41) is 0. The molecule has 1 aliphatic rings. The molecule has 0 radical (unpaired) electrons. The molecule has 0 spiro atoms. The summed E-state index contributed by atoms with van der Waals surface area (Å²) < 4.78 is 32.1. The molecule has 8 heteroatoms. The van der Waals surface area contributed by atoms with Crippen molar-refractivity contribution in [1.29, 1.82) is 0 Å². The Morgan fingerprint density at radius 2 is 1.73 bits per heavy atom. The number of esters is 1.